The first-order chi connectivity index (χ1) is 8.24. The van der Waals surface area contributed by atoms with Crippen LogP contribution >= 0.6 is 27.5 Å². The van der Waals surface area contributed by atoms with Gasteiger partial charge in [0.1, 0.15) is 0 Å². The van der Waals surface area contributed by atoms with E-state index >= 15 is 0 Å². The van der Waals surface area contributed by atoms with E-state index in [0.717, 1.165) is 15.9 Å². The van der Waals surface area contributed by atoms with Crippen LogP contribution in [-0.4, -0.2) is 0 Å². The van der Waals surface area contributed by atoms with Gasteiger partial charge in [-0.15, -0.1) is 0 Å². The van der Waals surface area contributed by atoms with Gasteiger partial charge in [0, 0.05) is 4.47 Å². The van der Waals surface area contributed by atoms with Crippen LogP contribution < -0.4 is 0 Å². The summed E-state index contributed by atoms with van der Waals surface area (Å²) < 4.78 is 0.988. The molecule has 0 aliphatic carbocycles. The molecule has 0 amide bonds. The zero-order valence-electron chi connectivity index (χ0n) is 10.6. The van der Waals surface area contributed by atoms with Crippen molar-refractivity contribution in [2.45, 2.75) is 58.3 Å². The van der Waals surface area contributed by atoms with E-state index in [4.69, 9.17) is 11.6 Å². The zero-order valence-corrected chi connectivity index (χ0v) is 13.0. The van der Waals surface area contributed by atoms with E-state index in [-0.39, 0.29) is 0 Å². The van der Waals surface area contributed by atoms with Crippen LogP contribution in [0.1, 0.15) is 57.4 Å². The van der Waals surface area contributed by atoms with E-state index in [1.54, 1.807) is 0 Å². The molecule has 1 rings (SSSR count). The Labute approximate surface area is 119 Å². The van der Waals surface area contributed by atoms with Crippen LogP contribution in [0, 0.1) is 0 Å². The molecule has 0 aromatic heterocycles. The SMILES string of the molecule is CCCCCCCCCc1ccc(Br)c(Cl)c1. The van der Waals surface area contributed by atoms with Gasteiger partial charge < -0.3 is 0 Å². The van der Waals surface area contributed by atoms with Crippen molar-refractivity contribution in [1.29, 1.82) is 0 Å². The maximum Gasteiger partial charge on any atom is 0.0550 e. The van der Waals surface area contributed by atoms with Crippen LogP contribution in [-0.2, 0) is 6.42 Å². The van der Waals surface area contributed by atoms with Crippen LogP contribution in [0.25, 0.3) is 0 Å². The minimum absolute atomic E-state index is 0.824. The average Bonchev–Trinajstić information content (AvgIpc) is 2.32. The molecule has 0 saturated heterocycles. The molecule has 0 saturated carbocycles. The molecule has 96 valence electrons. The Morgan fingerprint density at radius 3 is 2.29 bits per heavy atom. The first kappa shape index (κ1) is 15.0. The summed E-state index contributed by atoms with van der Waals surface area (Å²) in [6, 6.07) is 6.27. The average molecular weight is 318 g/mol. The summed E-state index contributed by atoms with van der Waals surface area (Å²) in [4.78, 5) is 0. The summed E-state index contributed by atoms with van der Waals surface area (Å²) in [7, 11) is 0. The number of halogens is 2. The molecule has 0 atom stereocenters. The monoisotopic (exact) mass is 316 g/mol. The summed E-state index contributed by atoms with van der Waals surface area (Å²) in [5, 5.41) is 0.824. The second-order valence-electron chi connectivity index (χ2n) is 4.62. The lowest BCUT2D eigenvalue weighted by molar-refractivity contribution is 0.589. The lowest BCUT2D eigenvalue weighted by Gasteiger charge is -2.04. The lowest BCUT2D eigenvalue weighted by atomic mass is 10.0. The first-order valence-electron chi connectivity index (χ1n) is 6.68. The second kappa shape index (κ2) is 8.99. The smallest absolute Gasteiger partial charge is 0.0550 e. The third-order valence-corrected chi connectivity index (χ3v) is 4.29. The third-order valence-electron chi connectivity index (χ3n) is 3.05. The fraction of sp³-hybridized carbons (Fsp3) is 0.600. The van der Waals surface area contributed by atoms with E-state index in [2.05, 4.69) is 35.0 Å². The first-order valence-corrected chi connectivity index (χ1v) is 7.85. The van der Waals surface area contributed by atoms with Gasteiger partial charge in [-0.25, -0.2) is 0 Å². The van der Waals surface area contributed by atoms with Gasteiger partial charge in [-0.3, -0.25) is 0 Å². The standard InChI is InChI=1S/C15H22BrCl/c1-2-3-4-5-6-7-8-9-13-10-11-14(16)15(17)12-13/h10-12H,2-9H2,1H3. The van der Waals surface area contributed by atoms with Gasteiger partial charge in [-0.05, 0) is 46.5 Å². The molecule has 17 heavy (non-hydrogen) atoms. The van der Waals surface area contributed by atoms with Gasteiger partial charge in [-0.2, -0.15) is 0 Å². The normalized spacial score (nSPS) is 10.8. The molecule has 0 aliphatic heterocycles. The minimum Gasteiger partial charge on any atom is -0.0831 e. The van der Waals surface area contributed by atoms with Crippen LogP contribution in [0.4, 0.5) is 0 Å². The van der Waals surface area contributed by atoms with Crippen molar-refractivity contribution in [3.63, 3.8) is 0 Å². The van der Waals surface area contributed by atoms with E-state index in [0.29, 0.717) is 0 Å². The molecule has 0 heterocycles. The molecule has 0 aliphatic rings. The van der Waals surface area contributed by atoms with Crippen molar-refractivity contribution in [2.75, 3.05) is 0 Å². The van der Waals surface area contributed by atoms with Crippen molar-refractivity contribution >= 4 is 27.5 Å². The third kappa shape index (κ3) is 6.47. The molecular formula is C15H22BrCl. The van der Waals surface area contributed by atoms with Crippen LogP contribution in [0.3, 0.4) is 0 Å². The number of aryl methyl sites for hydroxylation is 1. The second-order valence-corrected chi connectivity index (χ2v) is 5.88. The van der Waals surface area contributed by atoms with Crippen LogP contribution in [0.5, 0.6) is 0 Å². The van der Waals surface area contributed by atoms with Crippen molar-refractivity contribution in [3.8, 4) is 0 Å². The Kier molecular flexibility index (Phi) is 7.96. The van der Waals surface area contributed by atoms with E-state index < -0.39 is 0 Å². The van der Waals surface area contributed by atoms with E-state index in [1.807, 2.05) is 6.07 Å². The summed E-state index contributed by atoms with van der Waals surface area (Å²) >= 11 is 9.48. The molecule has 0 N–H and O–H groups in total. The molecule has 0 radical (unpaired) electrons. The quantitative estimate of drug-likeness (QED) is 0.487. The Morgan fingerprint density at radius 2 is 1.65 bits per heavy atom. The highest BCUT2D eigenvalue weighted by Gasteiger charge is 1.99. The maximum atomic E-state index is 6.06. The van der Waals surface area contributed by atoms with E-state index in [9.17, 15) is 0 Å². The van der Waals surface area contributed by atoms with Crippen molar-refractivity contribution in [2.24, 2.45) is 0 Å². The summed E-state index contributed by atoms with van der Waals surface area (Å²) in [6.07, 6.45) is 10.7. The van der Waals surface area contributed by atoms with Crippen molar-refractivity contribution in [1.82, 2.24) is 0 Å². The minimum atomic E-state index is 0.824. The van der Waals surface area contributed by atoms with Gasteiger partial charge in [0.25, 0.3) is 0 Å². The molecular weight excluding hydrogens is 296 g/mol. The fourth-order valence-corrected chi connectivity index (χ4v) is 2.43. The number of hydrogen-bond donors (Lipinski definition) is 0. The highest BCUT2D eigenvalue weighted by atomic mass is 79.9. The zero-order chi connectivity index (χ0) is 12.5. The molecule has 0 unspecified atom stereocenters. The van der Waals surface area contributed by atoms with Gasteiger partial charge in [0.2, 0.25) is 0 Å². The van der Waals surface area contributed by atoms with E-state index in [1.165, 1.54) is 50.5 Å². The number of rotatable bonds is 8. The molecule has 0 spiro atoms. The Hall–Kier alpha value is -0.0100. The number of benzene rings is 1. The van der Waals surface area contributed by atoms with Crippen LogP contribution in [0.2, 0.25) is 5.02 Å². The maximum absolute atomic E-state index is 6.06. The summed E-state index contributed by atoms with van der Waals surface area (Å²) in [6.45, 7) is 2.26. The Bertz CT molecular complexity index is 323. The molecule has 1 aromatic rings. The predicted molar refractivity (Wildman–Crippen MR) is 80.8 cm³/mol. The van der Waals surface area contributed by atoms with Crippen LogP contribution in [0.15, 0.2) is 22.7 Å². The fourth-order valence-electron chi connectivity index (χ4n) is 1.98. The Balaban J connectivity index is 2.11. The Morgan fingerprint density at radius 1 is 1.00 bits per heavy atom. The lowest BCUT2D eigenvalue weighted by Crippen LogP contribution is -1.87. The highest BCUT2D eigenvalue weighted by Crippen LogP contribution is 2.24. The topological polar surface area (TPSA) is 0 Å². The number of hydrogen-bond acceptors (Lipinski definition) is 0. The molecule has 0 nitrogen and oxygen atoms in total. The van der Waals surface area contributed by atoms with Gasteiger partial charge >= 0.3 is 0 Å². The van der Waals surface area contributed by atoms with Gasteiger partial charge in [-0.1, -0.05) is 63.1 Å². The van der Waals surface area contributed by atoms with Gasteiger partial charge in [0.05, 0.1) is 5.02 Å². The molecule has 2 heteroatoms. The molecule has 1 aromatic carbocycles. The predicted octanol–water partition coefficient (Wildman–Crippen LogP) is 6.40. The summed E-state index contributed by atoms with van der Waals surface area (Å²) in [5.74, 6) is 0. The molecule has 0 fully saturated rings. The largest absolute Gasteiger partial charge is 0.0831 e. The van der Waals surface area contributed by atoms with Crippen molar-refractivity contribution in [3.05, 3.63) is 33.3 Å². The van der Waals surface area contributed by atoms with Gasteiger partial charge in [0.15, 0.2) is 0 Å². The highest BCUT2D eigenvalue weighted by molar-refractivity contribution is 9.10. The number of unbranched alkanes of at least 4 members (excludes halogenated alkanes) is 6. The molecule has 0 bridgehead atoms. The summed E-state index contributed by atoms with van der Waals surface area (Å²) in [5.41, 5.74) is 1.35. The van der Waals surface area contributed by atoms with Crippen molar-refractivity contribution < 1.29 is 0 Å².